The summed E-state index contributed by atoms with van der Waals surface area (Å²) in [6.45, 7) is 3.83. The lowest BCUT2D eigenvalue weighted by molar-refractivity contribution is -0.118. The van der Waals surface area contributed by atoms with Crippen molar-refractivity contribution in [2.75, 3.05) is 50.1 Å². The van der Waals surface area contributed by atoms with Crippen molar-refractivity contribution in [2.24, 2.45) is 0 Å². The molecule has 1 aromatic heterocycles. The summed E-state index contributed by atoms with van der Waals surface area (Å²) in [5.74, 6) is 1.17. The third-order valence-corrected chi connectivity index (χ3v) is 5.30. The average Bonchev–Trinajstić information content (AvgIpc) is 2.84. The van der Waals surface area contributed by atoms with Gasteiger partial charge in [-0.1, -0.05) is 12.1 Å². The molecule has 3 aromatic rings. The first-order chi connectivity index (χ1) is 15.6. The van der Waals surface area contributed by atoms with Crippen molar-refractivity contribution in [1.82, 2.24) is 15.1 Å². The number of benzene rings is 2. The van der Waals surface area contributed by atoms with E-state index in [0.717, 1.165) is 43.3 Å². The maximum absolute atomic E-state index is 12.2. The van der Waals surface area contributed by atoms with Gasteiger partial charge < -0.3 is 19.9 Å². The molecule has 0 radical (unpaired) electrons. The van der Waals surface area contributed by atoms with Gasteiger partial charge in [0.15, 0.2) is 12.4 Å². The van der Waals surface area contributed by atoms with E-state index in [1.807, 2.05) is 42.5 Å². The van der Waals surface area contributed by atoms with E-state index in [2.05, 4.69) is 32.4 Å². The van der Waals surface area contributed by atoms with E-state index in [1.54, 1.807) is 24.3 Å². The van der Waals surface area contributed by atoms with Gasteiger partial charge in [-0.05, 0) is 55.6 Å². The van der Waals surface area contributed by atoms with Crippen molar-refractivity contribution in [1.29, 1.82) is 5.26 Å². The zero-order valence-electron chi connectivity index (χ0n) is 17.9. The number of amides is 1. The molecule has 0 atom stereocenters. The number of nitrogens with one attached hydrogen (secondary N) is 1. The van der Waals surface area contributed by atoms with Crippen molar-refractivity contribution in [3.8, 4) is 23.1 Å². The van der Waals surface area contributed by atoms with Gasteiger partial charge in [0.25, 0.3) is 5.91 Å². The van der Waals surface area contributed by atoms with Crippen LogP contribution in [0.1, 0.15) is 5.56 Å². The van der Waals surface area contributed by atoms with Crippen LogP contribution in [0.4, 0.5) is 11.5 Å². The lowest BCUT2D eigenvalue weighted by atomic mass is 10.1. The highest BCUT2D eigenvalue weighted by molar-refractivity contribution is 5.92. The van der Waals surface area contributed by atoms with Crippen LogP contribution in [0.2, 0.25) is 0 Å². The normalized spacial score (nSPS) is 13.9. The smallest absolute Gasteiger partial charge is 0.262 e. The van der Waals surface area contributed by atoms with Gasteiger partial charge in [-0.25, -0.2) is 0 Å². The number of nitrogens with zero attached hydrogens (tertiary/aromatic N) is 5. The largest absolute Gasteiger partial charge is 0.484 e. The zero-order chi connectivity index (χ0) is 22.3. The van der Waals surface area contributed by atoms with Crippen molar-refractivity contribution < 1.29 is 9.53 Å². The number of piperazine rings is 1. The van der Waals surface area contributed by atoms with Gasteiger partial charge in [0, 0.05) is 37.4 Å². The molecule has 0 unspecified atom stereocenters. The first-order valence-electron chi connectivity index (χ1n) is 10.4. The van der Waals surface area contributed by atoms with Gasteiger partial charge in [-0.2, -0.15) is 5.26 Å². The Hall–Kier alpha value is -3.96. The molecular formula is C24H24N6O2. The molecule has 2 heterocycles. The number of carbonyl (C=O) groups is 1. The Bertz CT molecular complexity index is 1080. The van der Waals surface area contributed by atoms with Crippen LogP contribution in [0.5, 0.6) is 5.75 Å². The molecule has 162 valence electrons. The molecule has 1 amide bonds. The number of anilines is 2. The number of aromatic nitrogens is 2. The maximum Gasteiger partial charge on any atom is 0.262 e. The Balaban J connectivity index is 1.30. The molecule has 0 bridgehead atoms. The fraction of sp³-hybridized carbons (Fsp3) is 0.250. The lowest BCUT2D eigenvalue weighted by Gasteiger charge is -2.32. The van der Waals surface area contributed by atoms with Crippen LogP contribution in [-0.2, 0) is 4.79 Å². The summed E-state index contributed by atoms with van der Waals surface area (Å²) in [4.78, 5) is 16.7. The minimum Gasteiger partial charge on any atom is -0.484 e. The third kappa shape index (κ3) is 5.39. The first-order valence-corrected chi connectivity index (χ1v) is 10.4. The Labute approximate surface area is 187 Å². The second-order valence-corrected chi connectivity index (χ2v) is 7.62. The second kappa shape index (κ2) is 9.90. The summed E-state index contributed by atoms with van der Waals surface area (Å²) in [7, 11) is 2.13. The minimum absolute atomic E-state index is 0.118. The molecule has 8 nitrogen and oxygen atoms in total. The van der Waals surface area contributed by atoms with Gasteiger partial charge in [0.2, 0.25) is 0 Å². The summed E-state index contributed by atoms with van der Waals surface area (Å²) >= 11 is 0. The van der Waals surface area contributed by atoms with Gasteiger partial charge >= 0.3 is 0 Å². The molecule has 1 N–H and O–H groups in total. The van der Waals surface area contributed by atoms with E-state index in [-0.39, 0.29) is 12.5 Å². The molecule has 4 rings (SSSR count). The Morgan fingerprint density at radius 3 is 2.34 bits per heavy atom. The highest BCUT2D eigenvalue weighted by atomic mass is 16.5. The lowest BCUT2D eigenvalue weighted by Crippen LogP contribution is -2.44. The summed E-state index contributed by atoms with van der Waals surface area (Å²) < 4.78 is 5.45. The van der Waals surface area contributed by atoms with Crippen molar-refractivity contribution in [2.45, 2.75) is 0 Å². The third-order valence-electron chi connectivity index (χ3n) is 5.30. The van der Waals surface area contributed by atoms with E-state index < -0.39 is 0 Å². The molecule has 1 saturated heterocycles. The molecule has 0 saturated carbocycles. The highest BCUT2D eigenvalue weighted by Gasteiger charge is 2.15. The van der Waals surface area contributed by atoms with Gasteiger partial charge in [-0.15, -0.1) is 10.2 Å². The van der Waals surface area contributed by atoms with Crippen molar-refractivity contribution >= 4 is 17.4 Å². The van der Waals surface area contributed by atoms with E-state index >= 15 is 0 Å². The van der Waals surface area contributed by atoms with Crippen molar-refractivity contribution in [3.05, 3.63) is 66.2 Å². The minimum atomic E-state index is -0.265. The van der Waals surface area contributed by atoms with Gasteiger partial charge in [0.1, 0.15) is 5.75 Å². The van der Waals surface area contributed by atoms with Gasteiger partial charge in [0.05, 0.1) is 17.3 Å². The van der Waals surface area contributed by atoms with E-state index in [4.69, 9.17) is 10.00 Å². The molecule has 32 heavy (non-hydrogen) atoms. The van der Waals surface area contributed by atoms with Gasteiger partial charge in [-0.3, -0.25) is 4.79 Å². The quantitative estimate of drug-likeness (QED) is 0.645. The standard InChI is InChI=1S/C24H24N6O2/c1-29-12-14-30(15-13-29)23-11-10-22(27-28-23)19-4-6-20(7-5-19)26-24(31)17-32-21-8-2-18(16-25)3-9-21/h2-11H,12-15,17H2,1H3,(H,26,31). The number of carbonyl (C=O) groups excluding carboxylic acids is 1. The zero-order valence-corrected chi connectivity index (χ0v) is 17.9. The van der Waals surface area contributed by atoms with Crippen LogP contribution in [0.15, 0.2) is 60.7 Å². The van der Waals surface area contributed by atoms with Crippen LogP contribution in [0, 0.1) is 11.3 Å². The summed E-state index contributed by atoms with van der Waals surface area (Å²) in [5.41, 5.74) is 2.92. The fourth-order valence-electron chi connectivity index (χ4n) is 3.38. The van der Waals surface area contributed by atoms with Crippen LogP contribution < -0.4 is 15.0 Å². The summed E-state index contributed by atoms with van der Waals surface area (Å²) in [6.07, 6.45) is 0. The number of nitriles is 1. The fourth-order valence-corrected chi connectivity index (χ4v) is 3.38. The molecular weight excluding hydrogens is 404 g/mol. The second-order valence-electron chi connectivity index (χ2n) is 7.62. The first kappa shape index (κ1) is 21.3. The molecule has 2 aromatic carbocycles. The van der Waals surface area contributed by atoms with Crippen LogP contribution in [0.25, 0.3) is 11.3 Å². The number of rotatable bonds is 6. The molecule has 0 spiro atoms. The van der Waals surface area contributed by atoms with Crippen LogP contribution in [0.3, 0.4) is 0 Å². The Morgan fingerprint density at radius 1 is 1.00 bits per heavy atom. The number of likely N-dealkylation sites (N-methyl/N-ethyl adjacent to an activating group) is 1. The number of hydrogen-bond acceptors (Lipinski definition) is 7. The molecule has 1 fully saturated rings. The van der Waals surface area contributed by atoms with E-state index in [0.29, 0.717) is 17.0 Å². The molecule has 8 heteroatoms. The van der Waals surface area contributed by atoms with Crippen LogP contribution in [-0.4, -0.2) is 60.8 Å². The SMILES string of the molecule is CN1CCN(c2ccc(-c3ccc(NC(=O)COc4ccc(C#N)cc4)cc3)nn2)CC1. The predicted octanol–water partition coefficient (Wildman–Crippen LogP) is 2.78. The molecule has 0 aliphatic carbocycles. The topological polar surface area (TPSA) is 94.4 Å². The molecule has 1 aliphatic heterocycles. The summed E-state index contributed by atoms with van der Waals surface area (Å²) in [5, 5.41) is 20.4. The average molecular weight is 428 g/mol. The predicted molar refractivity (Wildman–Crippen MR) is 122 cm³/mol. The number of ether oxygens (including phenoxy) is 1. The monoisotopic (exact) mass is 428 g/mol. The van der Waals surface area contributed by atoms with Crippen molar-refractivity contribution in [3.63, 3.8) is 0 Å². The van der Waals surface area contributed by atoms with E-state index in [1.165, 1.54) is 0 Å². The maximum atomic E-state index is 12.2. The highest BCUT2D eigenvalue weighted by Crippen LogP contribution is 2.21. The Kier molecular flexibility index (Phi) is 6.58. The summed E-state index contributed by atoms with van der Waals surface area (Å²) in [6, 6.07) is 20.1. The van der Waals surface area contributed by atoms with Crippen LogP contribution >= 0.6 is 0 Å². The Morgan fingerprint density at radius 2 is 1.72 bits per heavy atom. The number of hydrogen-bond donors (Lipinski definition) is 1. The molecule has 1 aliphatic rings. The van der Waals surface area contributed by atoms with E-state index in [9.17, 15) is 4.79 Å².